The summed E-state index contributed by atoms with van der Waals surface area (Å²) in [6.45, 7) is 0. The van der Waals surface area contributed by atoms with Crippen LogP contribution in [0, 0.1) is 23.7 Å². The summed E-state index contributed by atoms with van der Waals surface area (Å²) in [6.07, 6.45) is -9.25. The molecule has 4 amide bonds. The molecule has 0 bridgehead atoms. The molecule has 6 unspecified atom stereocenters. The minimum Gasteiger partial charge on any atom is -0.508 e. The number of imide groups is 2. The van der Waals surface area contributed by atoms with Gasteiger partial charge in [-0.3, -0.25) is 19.2 Å². The topological polar surface area (TPSA) is 104 Å². The largest absolute Gasteiger partial charge is 0.508 e. The van der Waals surface area contributed by atoms with Crippen LogP contribution in [0.15, 0.2) is 103 Å². The number of hydrogen-bond acceptors (Lipinski definition) is 6. The Labute approximate surface area is 319 Å². The number of fused-ring (bicyclic) bond motifs is 4. The van der Waals surface area contributed by atoms with Gasteiger partial charge in [-0.05, 0) is 78.9 Å². The minimum atomic E-state index is -5.25. The lowest BCUT2D eigenvalue weighted by Crippen LogP contribution is -2.53. The van der Waals surface area contributed by atoms with Gasteiger partial charge in [0.2, 0.25) is 23.6 Å². The maximum Gasteiger partial charge on any atom is 0.416 e. The molecule has 4 aromatic carbocycles. The van der Waals surface area contributed by atoms with E-state index in [-0.39, 0.29) is 46.7 Å². The lowest BCUT2D eigenvalue weighted by molar-refractivity contribution is -0.143. The number of phenolic OH excluding ortho intramolecular Hbond substituents is 1. The first kappa shape index (κ1) is 37.3. The monoisotopic (exact) mass is 794 g/mol. The van der Waals surface area contributed by atoms with E-state index < -0.39 is 87.8 Å². The van der Waals surface area contributed by atoms with Gasteiger partial charge in [0.15, 0.2) is 0 Å². The number of amides is 4. The maximum atomic E-state index is 15.3. The Morgan fingerprint density at radius 3 is 2.05 bits per heavy atom. The van der Waals surface area contributed by atoms with Crippen LogP contribution in [0.25, 0.3) is 0 Å². The fraction of sp³-hybridized carbons (Fsp3) is 0.268. The number of benzene rings is 4. The Hall–Kier alpha value is -5.63. The summed E-state index contributed by atoms with van der Waals surface area (Å²) in [5.74, 6) is -9.43. The lowest BCUT2D eigenvalue weighted by atomic mass is 9.49. The molecule has 2 aliphatic heterocycles. The number of aromatic hydroxyl groups is 1. The summed E-state index contributed by atoms with van der Waals surface area (Å²) in [6, 6.07) is 19.4. The average molecular weight is 795 g/mol. The Morgan fingerprint density at radius 1 is 0.750 bits per heavy atom. The van der Waals surface area contributed by atoms with E-state index >= 15 is 4.79 Å². The Kier molecular flexibility index (Phi) is 8.64. The number of phenols is 1. The second-order valence-electron chi connectivity index (χ2n) is 14.3. The predicted molar refractivity (Wildman–Crippen MR) is 190 cm³/mol. The van der Waals surface area contributed by atoms with Crippen LogP contribution in [0.3, 0.4) is 0 Å². The van der Waals surface area contributed by atoms with Crippen LogP contribution in [0.4, 0.5) is 37.7 Å². The number of halogens is 7. The molecule has 56 heavy (non-hydrogen) atoms. The Bertz CT molecular complexity index is 2330. The van der Waals surface area contributed by atoms with Crippen LogP contribution < -0.4 is 14.5 Å². The summed E-state index contributed by atoms with van der Waals surface area (Å²) in [7, 11) is 1.39. The van der Waals surface area contributed by atoms with Gasteiger partial charge in [0.25, 0.3) is 0 Å². The second kappa shape index (κ2) is 13.0. The molecule has 0 aromatic heterocycles. The van der Waals surface area contributed by atoms with Gasteiger partial charge in [-0.1, -0.05) is 59.6 Å². The summed E-state index contributed by atoms with van der Waals surface area (Å²) in [5, 5.41) is 11.8. The lowest BCUT2D eigenvalue weighted by Gasteiger charge is -2.50. The SMILES string of the molecule is COc1ccc(O)c(C2C3=CCC4C(=O)N(c5cc(C(F)(F)F)cc(C(F)(F)F)c5)C(=O)C4C3CC3C(=O)N(c4cccc(Cl)c4)C(=O)C32c2ccccc2)c1. The maximum absolute atomic E-state index is 15.3. The highest BCUT2D eigenvalue weighted by Gasteiger charge is 2.70. The van der Waals surface area contributed by atoms with E-state index in [9.17, 15) is 45.8 Å². The van der Waals surface area contributed by atoms with Crippen molar-refractivity contribution in [2.45, 2.75) is 36.5 Å². The summed E-state index contributed by atoms with van der Waals surface area (Å²) >= 11 is 6.32. The molecule has 0 radical (unpaired) electrons. The molecule has 2 saturated heterocycles. The summed E-state index contributed by atoms with van der Waals surface area (Å²) in [4.78, 5) is 60.1. The third-order valence-electron chi connectivity index (χ3n) is 11.5. The number of rotatable bonds is 5. The van der Waals surface area contributed by atoms with E-state index in [1.54, 1.807) is 48.5 Å². The number of hydrogen-bond donors (Lipinski definition) is 1. The number of anilines is 2. The number of methoxy groups -OCH3 is 1. The van der Waals surface area contributed by atoms with Crippen molar-refractivity contribution < 1.29 is 55.4 Å². The van der Waals surface area contributed by atoms with E-state index in [0.717, 1.165) is 4.90 Å². The zero-order valence-corrected chi connectivity index (χ0v) is 29.8. The first-order chi connectivity index (χ1) is 26.5. The van der Waals surface area contributed by atoms with E-state index in [1.807, 2.05) is 0 Å². The molecule has 1 N–H and O–H groups in total. The molecule has 3 fully saturated rings. The molecule has 8 rings (SSSR count). The van der Waals surface area contributed by atoms with Crippen molar-refractivity contribution in [1.82, 2.24) is 0 Å². The molecule has 15 heteroatoms. The zero-order chi connectivity index (χ0) is 40.1. The number of carbonyl (C=O) groups excluding carboxylic acids is 4. The highest BCUT2D eigenvalue weighted by Crippen LogP contribution is 2.65. The van der Waals surface area contributed by atoms with E-state index in [2.05, 4.69) is 0 Å². The number of allylic oxidation sites excluding steroid dienone is 2. The average Bonchev–Trinajstić information content (AvgIpc) is 3.55. The fourth-order valence-corrected chi connectivity index (χ4v) is 9.49. The van der Waals surface area contributed by atoms with Crippen molar-refractivity contribution in [3.8, 4) is 11.5 Å². The standard InChI is InChI=1S/C41H29ClF6N2O6/c1-56-26-10-13-32(51)30(18-26)34-27-11-12-28-33(37(54)49(35(28)52)25-15-21(40(43,44)45)14-22(16-25)41(46,47)48)29(27)19-31-36(53)50(24-9-5-8-23(42)17-24)38(55)39(31,34)20-6-3-2-4-7-20/h2-11,13-18,28-29,31,33-34,51H,12,19H2,1H3. The minimum absolute atomic E-state index is 0.0921. The molecular formula is C41H29ClF6N2O6. The normalized spacial score (nSPS) is 26.2. The fourth-order valence-electron chi connectivity index (χ4n) is 9.30. The second-order valence-corrected chi connectivity index (χ2v) is 14.7. The van der Waals surface area contributed by atoms with E-state index in [1.165, 1.54) is 37.4 Å². The van der Waals surface area contributed by atoms with Crippen molar-refractivity contribution in [2.75, 3.05) is 16.9 Å². The van der Waals surface area contributed by atoms with Gasteiger partial charge in [0.05, 0.1) is 52.8 Å². The van der Waals surface area contributed by atoms with E-state index in [4.69, 9.17) is 16.3 Å². The molecule has 4 aromatic rings. The number of ether oxygens (including phenoxy) is 1. The van der Waals surface area contributed by atoms with Crippen LogP contribution in [-0.4, -0.2) is 35.8 Å². The van der Waals surface area contributed by atoms with Crippen LogP contribution in [0.1, 0.15) is 41.0 Å². The third-order valence-corrected chi connectivity index (χ3v) is 11.8. The first-order valence-corrected chi connectivity index (χ1v) is 17.8. The molecule has 0 spiro atoms. The smallest absolute Gasteiger partial charge is 0.416 e. The molecule has 2 heterocycles. The third kappa shape index (κ3) is 5.51. The summed E-state index contributed by atoms with van der Waals surface area (Å²) < 4.78 is 88.9. The Morgan fingerprint density at radius 2 is 1.43 bits per heavy atom. The molecule has 6 atom stereocenters. The molecule has 288 valence electrons. The van der Waals surface area contributed by atoms with Crippen molar-refractivity contribution in [2.24, 2.45) is 23.7 Å². The van der Waals surface area contributed by atoms with Gasteiger partial charge >= 0.3 is 12.4 Å². The van der Waals surface area contributed by atoms with Gasteiger partial charge in [0.1, 0.15) is 11.5 Å². The van der Waals surface area contributed by atoms with Crippen LogP contribution >= 0.6 is 11.6 Å². The van der Waals surface area contributed by atoms with E-state index in [0.29, 0.717) is 28.2 Å². The van der Waals surface area contributed by atoms with Crippen LogP contribution in [0.2, 0.25) is 5.02 Å². The van der Waals surface area contributed by atoms with Gasteiger partial charge in [-0.15, -0.1) is 0 Å². The number of carbonyl (C=O) groups is 4. The van der Waals surface area contributed by atoms with Gasteiger partial charge in [0, 0.05) is 16.5 Å². The Balaban J connectivity index is 1.34. The van der Waals surface area contributed by atoms with Gasteiger partial charge in [-0.25, -0.2) is 9.80 Å². The molecular weight excluding hydrogens is 766 g/mol. The number of alkyl halides is 6. The zero-order valence-electron chi connectivity index (χ0n) is 29.1. The summed E-state index contributed by atoms with van der Waals surface area (Å²) in [5.41, 5.74) is -4.96. The molecule has 1 saturated carbocycles. The molecule has 2 aliphatic carbocycles. The first-order valence-electron chi connectivity index (χ1n) is 17.4. The van der Waals surface area contributed by atoms with Crippen molar-refractivity contribution in [3.05, 3.63) is 130 Å². The predicted octanol–water partition coefficient (Wildman–Crippen LogP) is 8.46. The van der Waals surface area contributed by atoms with Crippen LogP contribution in [-0.2, 0) is 36.9 Å². The molecule has 4 aliphatic rings. The molecule has 8 nitrogen and oxygen atoms in total. The number of nitrogens with zero attached hydrogens (tertiary/aromatic N) is 2. The highest BCUT2D eigenvalue weighted by molar-refractivity contribution is 6.32. The van der Waals surface area contributed by atoms with Crippen molar-refractivity contribution in [3.63, 3.8) is 0 Å². The van der Waals surface area contributed by atoms with Crippen molar-refractivity contribution >= 4 is 46.6 Å². The quantitative estimate of drug-likeness (QED) is 0.124. The highest BCUT2D eigenvalue weighted by atomic mass is 35.5. The van der Waals surface area contributed by atoms with Crippen molar-refractivity contribution in [1.29, 1.82) is 0 Å². The van der Waals surface area contributed by atoms with Gasteiger partial charge < -0.3 is 9.84 Å². The van der Waals surface area contributed by atoms with Crippen LogP contribution in [0.5, 0.6) is 11.5 Å². The van der Waals surface area contributed by atoms with Gasteiger partial charge in [-0.2, -0.15) is 26.3 Å².